The molecule has 0 aliphatic rings. The van der Waals surface area contributed by atoms with Gasteiger partial charge in [-0.25, -0.2) is 0 Å². The summed E-state index contributed by atoms with van der Waals surface area (Å²) in [6.45, 7) is 0.896. The smallest absolute Gasteiger partial charge is 0.0417 e. The van der Waals surface area contributed by atoms with E-state index in [-0.39, 0.29) is 0 Å². The molecule has 0 heterocycles. The molecule has 0 bridgehead atoms. The second-order valence-corrected chi connectivity index (χ2v) is 3.77. The number of rotatable bonds is 3. The van der Waals surface area contributed by atoms with Crippen LogP contribution in [-0.4, -0.2) is 13.3 Å². The maximum Gasteiger partial charge on any atom is 0.0417 e. The Morgan fingerprint density at radius 3 is 2.83 bits per heavy atom. The molecule has 3 heteroatoms. The molecule has 0 saturated heterocycles. The van der Waals surface area contributed by atoms with Crippen LogP contribution in [0.4, 0.5) is 0 Å². The van der Waals surface area contributed by atoms with Gasteiger partial charge in [-0.3, -0.25) is 0 Å². The quantitative estimate of drug-likeness (QED) is 0.755. The molecule has 1 rings (SSSR count). The number of thioether (sulfide) groups is 1. The summed E-state index contributed by atoms with van der Waals surface area (Å²) in [4.78, 5) is 1.25. The Hall–Kier alpha value is -0.180. The predicted octanol–water partition coefficient (Wildman–Crippen LogP) is 2.78. The molecule has 0 aliphatic heterocycles. The van der Waals surface area contributed by atoms with Gasteiger partial charge in [0.2, 0.25) is 0 Å². The molecule has 1 N–H and O–H groups in total. The second kappa shape index (κ2) is 4.75. The molecule has 0 fully saturated rings. The van der Waals surface area contributed by atoms with E-state index in [4.69, 9.17) is 11.6 Å². The maximum atomic E-state index is 5.86. The predicted molar refractivity (Wildman–Crippen MR) is 56.0 cm³/mol. The average Bonchev–Trinajstić information content (AvgIpc) is 2.08. The molecule has 0 saturated carbocycles. The number of nitrogens with one attached hydrogen (secondary N) is 1. The summed E-state index contributed by atoms with van der Waals surface area (Å²) in [6, 6.07) is 5.98. The molecule has 0 atom stereocenters. The maximum absolute atomic E-state index is 5.86. The van der Waals surface area contributed by atoms with Crippen LogP contribution in [0, 0.1) is 0 Å². The van der Waals surface area contributed by atoms with Gasteiger partial charge in [0.25, 0.3) is 0 Å². The molecular formula is C9H12ClNS. The lowest BCUT2D eigenvalue weighted by molar-refractivity contribution is 0.803. The third-order valence-corrected chi connectivity index (χ3v) is 2.67. The first-order chi connectivity index (χ1) is 5.77. The molecule has 0 unspecified atom stereocenters. The highest BCUT2D eigenvalue weighted by Gasteiger charge is 2.00. The van der Waals surface area contributed by atoms with E-state index in [2.05, 4.69) is 17.6 Å². The molecule has 1 aromatic carbocycles. The summed E-state index contributed by atoms with van der Waals surface area (Å²) in [6.07, 6.45) is 2.06. The Morgan fingerprint density at radius 1 is 1.50 bits per heavy atom. The molecule has 66 valence electrons. The van der Waals surface area contributed by atoms with Crippen LogP contribution in [0.15, 0.2) is 23.1 Å². The second-order valence-electron chi connectivity index (χ2n) is 2.49. The zero-order valence-corrected chi connectivity index (χ0v) is 8.80. The lowest BCUT2D eigenvalue weighted by Crippen LogP contribution is -2.05. The van der Waals surface area contributed by atoms with Gasteiger partial charge in [-0.15, -0.1) is 11.8 Å². The van der Waals surface area contributed by atoms with Crippen molar-refractivity contribution in [2.75, 3.05) is 13.3 Å². The molecule has 0 aliphatic carbocycles. The fourth-order valence-corrected chi connectivity index (χ4v) is 1.94. The van der Waals surface area contributed by atoms with Crippen molar-refractivity contribution < 1.29 is 0 Å². The van der Waals surface area contributed by atoms with E-state index >= 15 is 0 Å². The van der Waals surface area contributed by atoms with Crippen LogP contribution < -0.4 is 5.32 Å². The van der Waals surface area contributed by atoms with E-state index < -0.39 is 0 Å². The molecule has 1 aromatic rings. The van der Waals surface area contributed by atoms with Gasteiger partial charge in [0.05, 0.1) is 0 Å². The zero-order valence-electron chi connectivity index (χ0n) is 7.23. The third-order valence-electron chi connectivity index (χ3n) is 1.62. The summed E-state index contributed by atoms with van der Waals surface area (Å²) in [5.74, 6) is 0. The Labute approximate surface area is 82.5 Å². The van der Waals surface area contributed by atoms with Crippen molar-refractivity contribution in [3.8, 4) is 0 Å². The van der Waals surface area contributed by atoms with Crippen molar-refractivity contribution in [3.63, 3.8) is 0 Å². The Bertz CT molecular complexity index is 263. The summed E-state index contributed by atoms with van der Waals surface area (Å²) in [5.41, 5.74) is 1.30. The van der Waals surface area contributed by atoms with Gasteiger partial charge >= 0.3 is 0 Å². The van der Waals surface area contributed by atoms with Gasteiger partial charge < -0.3 is 5.32 Å². The lowest BCUT2D eigenvalue weighted by Gasteiger charge is -2.06. The first kappa shape index (κ1) is 9.90. The molecule has 0 amide bonds. The molecule has 0 aromatic heterocycles. The van der Waals surface area contributed by atoms with Crippen LogP contribution >= 0.6 is 23.4 Å². The molecule has 12 heavy (non-hydrogen) atoms. The fraction of sp³-hybridized carbons (Fsp3) is 0.333. The van der Waals surface area contributed by atoms with Gasteiger partial charge in [0.1, 0.15) is 0 Å². The van der Waals surface area contributed by atoms with Gasteiger partial charge in [-0.05, 0) is 31.0 Å². The van der Waals surface area contributed by atoms with E-state index in [0.717, 1.165) is 11.6 Å². The normalized spacial score (nSPS) is 10.2. The highest BCUT2D eigenvalue weighted by molar-refractivity contribution is 7.98. The Morgan fingerprint density at radius 2 is 2.25 bits per heavy atom. The monoisotopic (exact) mass is 201 g/mol. The van der Waals surface area contributed by atoms with Crippen molar-refractivity contribution >= 4 is 23.4 Å². The number of halogens is 1. The summed E-state index contributed by atoms with van der Waals surface area (Å²) < 4.78 is 0. The van der Waals surface area contributed by atoms with Crippen LogP contribution in [0.3, 0.4) is 0 Å². The van der Waals surface area contributed by atoms with Gasteiger partial charge in [-0.2, -0.15) is 0 Å². The summed E-state index contributed by atoms with van der Waals surface area (Å²) >= 11 is 7.59. The van der Waals surface area contributed by atoms with Crippen molar-refractivity contribution in [2.24, 2.45) is 0 Å². The number of hydrogen-bond acceptors (Lipinski definition) is 2. The van der Waals surface area contributed by atoms with Gasteiger partial charge in [-0.1, -0.05) is 17.7 Å². The topological polar surface area (TPSA) is 12.0 Å². The minimum Gasteiger partial charge on any atom is -0.316 e. The fourth-order valence-electron chi connectivity index (χ4n) is 1.05. The Balaban J connectivity index is 2.94. The molecule has 0 spiro atoms. The van der Waals surface area contributed by atoms with E-state index in [0.29, 0.717) is 0 Å². The van der Waals surface area contributed by atoms with Crippen molar-refractivity contribution in [1.82, 2.24) is 5.32 Å². The van der Waals surface area contributed by atoms with Crippen LogP contribution in [-0.2, 0) is 6.54 Å². The first-order valence-electron chi connectivity index (χ1n) is 3.75. The average molecular weight is 202 g/mol. The van der Waals surface area contributed by atoms with Gasteiger partial charge in [0, 0.05) is 16.5 Å². The van der Waals surface area contributed by atoms with Gasteiger partial charge in [0.15, 0.2) is 0 Å². The lowest BCUT2D eigenvalue weighted by atomic mass is 10.2. The van der Waals surface area contributed by atoms with E-state index in [1.165, 1.54) is 10.5 Å². The minimum atomic E-state index is 0.805. The minimum absolute atomic E-state index is 0.805. The van der Waals surface area contributed by atoms with Crippen LogP contribution in [0.2, 0.25) is 5.02 Å². The van der Waals surface area contributed by atoms with Crippen molar-refractivity contribution in [2.45, 2.75) is 11.4 Å². The van der Waals surface area contributed by atoms with Crippen molar-refractivity contribution in [3.05, 3.63) is 28.8 Å². The zero-order chi connectivity index (χ0) is 8.97. The highest BCUT2D eigenvalue weighted by atomic mass is 35.5. The molecule has 1 nitrogen and oxygen atoms in total. The van der Waals surface area contributed by atoms with E-state index in [1.54, 1.807) is 11.8 Å². The van der Waals surface area contributed by atoms with Crippen LogP contribution in [0.1, 0.15) is 5.56 Å². The number of hydrogen-bond donors (Lipinski definition) is 1. The van der Waals surface area contributed by atoms with Crippen LogP contribution in [0.5, 0.6) is 0 Å². The number of benzene rings is 1. The SMILES string of the molecule is CNCc1ccc(Cl)cc1SC. The summed E-state index contributed by atoms with van der Waals surface area (Å²) in [7, 11) is 1.94. The first-order valence-corrected chi connectivity index (χ1v) is 5.35. The highest BCUT2D eigenvalue weighted by Crippen LogP contribution is 2.23. The Kier molecular flexibility index (Phi) is 3.92. The largest absolute Gasteiger partial charge is 0.316 e. The third kappa shape index (κ3) is 2.41. The summed E-state index contributed by atoms with van der Waals surface area (Å²) in [5, 5.41) is 3.93. The van der Waals surface area contributed by atoms with Crippen LogP contribution in [0.25, 0.3) is 0 Å². The molecule has 0 radical (unpaired) electrons. The van der Waals surface area contributed by atoms with E-state index in [1.807, 2.05) is 19.2 Å². The van der Waals surface area contributed by atoms with Crippen molar-refractivity contribution in [1.29, 1.82) is 0 Å². The molecular weight excluding hydrogens is 190 g/mol. The van der Waals surface area contributed by atoms with E-state index in [9.17, 15) is 0 Å². The standard InChI is InChI=1S/C9H12ClNS/c1-11-6-7-3-4-8(10)5-9(7)12-2/h3-5,11H,6H2,1-2H3.